The van der Waals surface area contributed by atoms with Crippen LogP contribution in [-0.2, 0) is 38.5 Å². The Bertz CT molecular complexity index is 2160. The maximum atomic E-state index is 11.5. The number of phenols is 5. The van der Waals surface area contributed by atoms with Gasteiger partial charge < -0.3 is 30.3 Å². The van der Waals surface area contributed by atoms with E-state index in [9.17, 15) is 30.8 Å². The van der Waals surface area contributed by atoms with Crippen molar-refractivity contribution in [3.05, 3.63) is 176 Å². The molecule has 0 unspecified atom stereocenters. The highest BCUT2D eigenvalue weighted by Crippen LogP contribution is 2.38. The van der Waals surface area contributed by atoms with Crippen molar-refractivity contribution in [3.63, 3.8) is 0 Å². The van der Waals surface area contributed by atoms with Crippen molar-refractivity contribution in [2.24, 2.45) is 0 Å². The molecule has 6 aromatic rings. The zero-order chi connectivity index (χ0) is 35.5. The van der Waals surface area contributed by atoms with Crippen LogP contribution in [0.1, 0.15) is 66.8 Å². The number of para-hydroxylation sites is 6. The number of nitriles is 1. The number of phenolic OH excluding ortho intramolecular Hbond substituents is 5. The quantitative estimate of drug-likeness (QED) is 0.125. The lowest BCUT2D eigenvalue weighted by molar-refractivity contribution is 0.360. The second-order valence-electron chi connectivity index (χ2n) is 13.0. The highest BCUT2D eigenvalue weighted by atomic mass is 16.5. The number of hydrogen-bond acceptors (Lipinski definition) is 7. The fourth-order valence-corrected chi connectivity index (χ4v) is 7.09. The Kier molecular flexibility index (Phi) is 9.24. The van der Waals surface area contributed by atoms with Crippen LogP contribution in [0, 0.1) is 11.3 Å². The molecule has 1 aliphatic rings. The molecule has 0 radical (unpaired) electrons. The van der Waals surface area contributed by atoms with Gasteiger partial charge in [-0.25, -0.2) is 0 Å². The molecule has 7 heteroatoms. The van der Waals surface area contributed by atoms with Crippen molar-refractivity contribution in [1.82, 2.24) is 0 Å². The van der Waals surface area contributed by atoms with Crippen LogP contribution in [0.3, 0.4) is 0 Å². The van der Waals surface area contributed by atoms with Gasteiger partial charge in [0.1, 0.15) is 40.6 Å². The third-order valence-electron chi connectivity index (χ3n) is 9.76. The lowest BCUT2D eigenvalue weighted by atomic mass is 9.91. The van der Waals surface area contributed by atoms with E-state index in [0.29, 0.717) is 74.2 Å². The topological polar surface area (TPSA) is 134 Å². The Morgan fingerprint density at radius 3 is 0.784 bits per heavy atom. The van der Waals surface area contributed by atoms with Gasteiger partial charge in [0.15, 0.2) is 6.61 Å². The first-order valence-electron chi connectivity index (χ1n) is 16.9. The molecule has 0 saturated carbocycles. The minimum Gasteiger partial charge on any atom is -0.507 e. The SMILES string of the molecule is N#CCOc1c2cccc1Cc1cccc(c1O)Cc1cccc(c1O)Cc1cccc(c1O)Cc1cccc(c1O)Cc1cccc(c1O)C2. The van der Waals surface area contributed by atoms with Gasteiger partial charge in [-0.05, 0) is 66.8 Å². The van der Waals surface area contributed by atoms with Gasteiger partial charge in [0.05, 0.1) is 0 Å². The molecule has 7 nitrogen and oxygen atoms in total. The predicted molar refractivity (Wildman–Crippen MR) is 195 cm³/mol. The summed E-state index contributed by atoms with van der Waals surface area (Å²) in [6.45, 7) is -0.172. The lowest BCUT2D eigenvalue weighted by Crippen LogP contribution is -2.04. The summed E-state index contributed by atoms with van der Waals surface area (Å²) >= 11 is 0. The van der Waals surface area contributed by atoms with Crippen molar-refractivity contribution < 1.29 is 30.3 Å². The first kappa shape index (κ1) is 33.1. The van der Waals surface area contributed by atoms with E-state index >= 15 is 0 Å². The third kappa shape index (κ3) is 6.77. The molecule has 6 aromatic carbocycles. The minimum absolute atomic E-state index is 0.0956. The van der Waals surface area contributed by atoms with Gasteiger partial charge in [0, 0.05) is 38.5 Å². The van der Waals surface area contributed by atoms with E-state index in [4.69, 9.17) is 4.74 Å². The van der Waals surface area contributed by atoms with Gasteiger partial charge in [0.25, 0.3) is 0 Å². The Morgan fingerprint density at radius 2 is 0.569 bits per heavy atom. The second kappa shape index (κ2) is 14.2. The fraction of sp³-hybridized carbons (Fsp3) is 0.159. The van der Waals surface area contributed by atoms with Crippen LogP contribution in [0.5, 0.6) is 34.5 Å². The first-order chi connectivity index (χ1) is 24.8. The van der Waals surface area contributed by atoms with Gasteiger partial charge >= 0.3 is 0 Å². The average Bonchev–Trinajstić information content (AvgIpc) is 3.12. The van der Waals surface area contributed by atoms with Crippen LogP contribution >= 0.6 is 0 Å². The monoisotopic (exact) mass is 675 g/mol. The molecule has 0 fully saturated rings. The smallest absolute Gasteiger partial charge is 0.174 e. The molecule has 0 aromatic heterocycles. The van der Waals surface area contributed by atoms with Crippen LogP contribution in [0.25, 0.3) is 0 Å². The zero-order valence-electron chi connectivity index (χ0n) is 27.9. The molecule has 0 heterocycles. The first-order valence-corrected chi connectivity index (χ1v) is 16.9. The van der Waals surface area contributed by atoms with E-state index < -0.39 is 0 Å². The Labute approximate surface area is 296 Å². The minimum atomic E-state index is -0.172. The van der Waals surface area contributed by atoms with Gasteiger partial charge in [0.2, 0.25) is 0 Å². The van der Waals surface area contributed by atoms with Crippen LogP contribution < -0.4 is 4.74 Å². The molecule has 0 aliphatic heterocycles. The van der Waals surface area contributed by atoms with Crippen LogP contribution in [-0.4, -0.2) is 32.1 Å². The molecule has 51 heavy (non-hydrogen) atoms. The molecular weight excluding hydrogens is 638 g/mol. The Hall–Kier alpha value is -6.39. The molecule has 1 aliphatic carbocycles. The van der Waals surface area contributed by atoms with E-state index in [-0.39, 0.29) is 61.0 Å². The number of fused-ring (bicyclic) bond motifs is 12. The average molecular weight is 676 g/mol. The summed E-state index contributed by atoms with van der Waals surface area (Å²) in [6, 6.07) is 35.3. The van der Waals surface area contributed by atoms with E-state index in [0.717, 1.165) is 11.1 Å². The van der Waals surface area contributed by atoms with Crippen molar-refractivity contribution in [2.45, 2.75) is 38.5 Å². The summed E-state index contributed by atoms with van der Waals surface area (Å²) in [4.78, 5) is 0. The number of hydrogen-bond donors (Lipinski definition) is 5. The van der Waals surface area contributed by atoms with Crippen molar-refractivity contribution >= 4 is 0 Å². The molecule has 0 saturated heterocycles. The van der Waals surface area contributed by atoms with Gasteiger partial charge in [-0.3, -0.25) is 0 Å². The van der Waals surface area contributed by atoms with E-state index in [1.165, 1.54) is 0 Å². The van der Waals surface area contributed by atoms with Gasteiger partial charge in [-0.15, -0.1) is 0 Å². The molecule has 12 bridgehead atoms. The summed E-state index contributed by atoms with van der Waals surface area (Å²) in [6.07, 6.45) is 1.72. The van der Waals surface area contributed by atoms with Crippen molar-refractivity contribution in [3.8, 4) is 40.6 Å². The summed E-state index contributed by atoms with van der Waals surface area (Å²) in [7, 11) is 0. The predicted octanol–water partition coefficient (Wildman–Crippen LogP) is 7.98. The van der Waals surface area contributed by atoms with E-state index in [2.05, 4.69) is 6.07 Å². The summed E-state index contributed by atoms with van der Waals surface area (Å²) < 4.78 is 6.01. The molecule has 0 atom stereocenters. The maximum absolute atomic E-state index is 11.5. The molecule has 0 amide bonds. The zero-order valence-corrected chi connectivity index (χ0v) is 27.9. The van der Waals surface area contributed by atoms with Gasteiger partial charge in [-0.1, -0.05) is 109 Å². The Balaban J connectivity index is 1.37. The van der Waals surface area contributed by atoms with E-state index in [1.54, 1.807) is 0 Å². The maximum Gasteiger partial charge on any atom is 0.174 e. The largest absolute Gasteiger partial charge is 0.507 e. The normalized spacial score (nSPS) is 12.7. The molecule has 0 spiro atoms. The number of nitrogens with zero attached hydrogens (tertiary/aromatic N) is 1. The highest BCUT2D eigenvalue weighted by molar-refractivity contribution is 5.56. The van der Waals surface area contributed by atoms with E-state index in [1.807, 2.05) is 109 Å². The molecular formula is C44H37NO6. The molecule has 254 valence electrons. The number of aromatic hydroxyl groups is 5. The summed E-state index contributed by atoms with van der Waals surface area (Å²) in [5.41, 5.74) is 7.93. The molecule has 7 rings (SSSR count). The fourth-order valence-electron chi connectivity index (χ4n) is 7.09. The van der Waals surface area contributed by atoms with Crippen molar-refractivity contribution in [2.75, 3.05) is 6.61 Å². The van der Waals surface area contributed by atoms with Gasteiger partial charge in [-0.2, -0.15) is 5.26 Å². The van der Waals surface area contributed by atoms with Crippen LogP contribution in [0.4, 0.5) is 0 Å². The highest BCUT2D eigenvalue weighted by Gasteiger charge is 2.20. The van der Waals surface area contributed by atoms with Crippen molar-refractivity contribution in [1.29, 1.82) is 5.26 Å². The second-order valence-corrected chi connectivity index (χ2v) is 13.0. The van der Waals surface area contributed by atoms with Crippen LogP contribution in [0.2, 0.25) is 0 Å². The number of ether oxygens (including phenoxy) is 1. The number of rotatable bonds is 2. The summed E-state index contributed by atoms with van der Waals surface area (Å²) in [5.74, 6) is 1.02. The number of benzene rings is 6. The summed E-state index contributed by atoms with van der Waals surface area (Å²) in [5, 5.41) is 66.7. The standard InChI is InChI=1S/C44H37NO6/c45-19-20-51-44-37-17-6-18-38(44)26-36-16-5-14-34(43(36)50)24-32-12-3-10-30(41(32)48)22-28-8-1-7-27(39(28)46)21-29-9-2-11-31(40(29)47)23-33-13-4-15-35(25-37)42(33)49/h1-18,46-50H,20-26H2. The Morgan fingerprint density at radius 1 is 0.373 bits per heavy atom. The third-order valence-corrected chi connectivity index (χ3v) is 9.76. The van der Waals surface area contributed by atoms with Crippen LogP contribution in [0.15, 0.2) is 109 Å². The molecule has 5 N–H and O–H groups in total. The lowest BCUT2D eigenvalue weighted by Gasteiger charge is -2.18.